The van der Waals surface area contributed by atoms with Crippen molar-refractivity contribution in [2.45, 2.75) is 6.92 Å². The van der Waals surface area contributed by atoms with Crippen LogP contribution in [-0.4, -0.2) is 32.0 Å². The molecule has 2 unspecified atom stereocenters. The van der Waals surface area contributed by atoms with Crippen molar-refractivity contribution >= 4 is 72.5 Å². The number of carbonyl (C=O) groups is 2. The van der Waals surface area contributed by atoms with Gasteiger partial charge >= 0.3 is 0 Å². The topological polar surface area (TPSA) is 91.5 Å². The third-order valence-corrected chi connectivity index (χ3v) is 8.57. The minimum Gasteiger partial charge on any atom is -0.338 e. The predicted molar refractivity (Wildman–Crippen MR) is 154 cm³/mol. The Morgan fingerprint density at radius 3 is 2.22 bits per heavy atom. The van der Waals surface area contributed by atoms with Gasteiger partial charge in [0.1, 0.15) is 23.2 Å². The number of nitrogens with zero attached hydrogens (tertiary/aromatic N) is 2. The minimum absolute atomic E-state index is 0.0368. The number of aromatic amines is 2. The molecule has 3 heterocycles. The first-order valence-electron chi connectivity index (χ1n) is 11.2. The van der Waals surface area contributed by atoms with Crippen molar-refractivity contribution < 1.29 is 9.59 Å². The van der Waals surface area contributed by atoms with Gasteiger partial charge in [0.2, 0.25) is 0 Å². The summed E-state index contributed by atoms with van der Waals surface area (Å²) in [6.07, 6.45) is 3.58. The Kier molecular flexibility index (Phi) is 6.06. The first kappa shape index (κ1) is 22.9. The van der Waals surface area contributed by atoms with Crippen LogP contribution in [0.25, 0.3) is 53.8 Å². The summed E-state index contributed by atoms with van der Waals surface area (Å²) < 4.78 is 1.20. The zero-order valence-corrected chi connectivity index (χ0v) is 21.9. The normalized spacial score (nSPS) is 12.0. The molecule has 0 bridgehead atoms. The fraction of sp³-hybridized carbons (Fsp3) is 0.0370. The van der Waals surface area contributed by atoms with Crippen molar-refractivity contribution in [3.05, 3.63) is 72.6 Å². The van der Waals surface area contributed by atoms with Crippen LogP contribution in [-0.2, 0) is 9.59 Å². The Labute approximate surface area is 214 Å². The van der Waals surface area contributed by atoms with E-state index in [0.717, 1.165) is 45.5 Å². The van der Waals surface area contributed by atoms with E-state index >= 15 is 0 Å². The molecule has 0 aliphatic rings. The van der Waals surface area contributed by atoms with Crippen LogP contribution in [0.4, 0.5) is 0 Å². The van der Waals surface area contributed by atoms with Gasteiger partial charge in [-0.15, -0.1) is 11.3 Å². The molecule has 36 heavy (non-hydrogen) atoms. The molecule has 9 heteroatoms. The van der Waals surface area contributed by atoms with Crippen molar-refractivity contribution in [1.29, 1.82) is 0 Å². The second-order valence-electron chi connectivity index (χ2n) is 8.41. The standard InChI is InChI=1S/C27H20N4O2P2S/c1-15-6-20-7-18(4-2-16(20)8-21(15)23-12-29-27(31-23)35-14-33)25-10-19-5-3-17(9-24(19)36-25)22-11-28-26(30-22)34-13-32/h2-14,34-35H,1H3,(H,28,30)(H,29,31). The first-order valence-corrected chi connectivity index (χ1v) is 14.2. The maximum Gasteiger partial charge on any atom is 0.146 e. The molecular formula is C27H20N4O2P2S. The molecule has 0 saturated heterocycles. The summed E-state index contributed by atoms with van der Waals surface area (Å²) in [6, 6.07) is 21.3. The summed E-state index contributed by atoms with van der Waals surface area (Å²) in [4.78, 5) is 37.9. The van der Waals surface area contributed by atoms with E-state index in [2.05, 4.69) is 81.5 Å². The molecule has 6 aromatic rings. The number of aromatic nitrogens is 4. The molecule has 0 aliphatic carbocycles. The van der Waals surface area contributed by atoms with Crippen molar-refractivity contribution in [3.63, 3.8) is 0 Å². The second kappa shape index (κ2) is 9.51. The summed E-state index contributed by atoms with van der Waals surface area (Å²) in [5.41, 5.74) is 7.75. The van der Waals surface area contributed by atoms with Crippen molar-refractivity contribution in [2.75, 3.05) is 0 Å². The smallest absolute Gasteiger partial charge is 0.146 e. The van der Waals surface area contributed by atoms with Crippen molar-refractivity contribution in [2.24, 2.45) is 0 Å². The van der Waals surface area contributed by atoms with Gasteiger partial charge < -0.3 is 9.97 Å². The molecule has 0 fully saturated rings. The largest absolute Gasteiger partial charge is 0.338 e. The predicted octanol–water partition coefficient (Wildman–Crippen LogP) is 5.80. The van der Waals surface area contributed by atoms with Crippen LogP contribution in [0.3, 0.4) is 0 Å². The third kappa shape index (κ3) is 4.31. The number of rotatable bonds is 7. The lowest BCUT2D eigenvalue weighted by molar-refractivity contribution is 0.569. The Morgan fingerprint density at radius 2 is 1.44 bits per heavy atom. The molecule has 0 radical (unpaired) electrons. The number of hydrogen-bond donors (Lipinski definition) is 2. The van der Waals surface area contributed by atoms with Gasteiger partial charge in [0.25, 0.3) is 0 Å². The number of fused-ring (bicyclic) bond motifs is 2. The second-order valence-corrected chi connectivity index (χ2v) is 11.5. The fourth-order valence-corrected chi connectivity index (χ4v) is 6.39. The minimum atomic E-state index is 0.0368. The highest BCUT2D eigenvalue weighted by Gasteiger charge is 2.11. The Bertz CT molecular complexity index is 1770. The monoisotopic (exact) mass is 526 g/mol. The number of H-pyrrole nitrogens is 2. The maximum atomic E-state index is 10.8. The highest BCUT2D eigenvalue weighted by atomic mass is 32.1. The van der Waals surface area contributed by atoms with Gasteiger partial charge in [-0.2, -0.15) is 0 Å². The number of hydrogen-bond acceptors (Lipinski definition) is 5. The lowest BCUT2D eigenvalue weighted by atomic mass is 9.98. The van der Waals surface area contributed by atoms with E-state index in [4.69, 9.17) is 0 Å². The maximum absolute atomic E-state index is 10.8. The summed E-state index contributed by atoms with van der Waals surface area (Å²) >= 11 is 1.77. The van der Waals surface area contributed by atoms with Gasteiger partial charge in [-0.1, -0.05) is 30.3 Å². The summed E-state index contributed by atoms with van der Waals surface area (Å²) in [7, 11) is 0.0766. The highest BCUT2D eigenvalue weighted by Crippen LogP contribution is 2.37. The van der Waals surface area contributed by atoms with Crippen LogP contribution >= 0.6 is 28.5 Å². The van der Waals surface area contributed by atoms with Gasteiger partial charge in [-0.05, 0) is 58.5 Å². The van der Waals surface area contributed by atoms with Crippen molar-refractivity contribution in [1.82, 2.24) is 19.9 Å². The van der Waals surface area contributed by atoms with Gasteiger partial charge in [0, 0.05) is 37.9 Å². The quantitative estimate of drug-likeness (QED) is 0.203. The summed E-state index contributed by atoms with van der Waals surface area (Å²) in [5, 5.41) is 3.54. The van der Waals surface area contributed by atoms with Gasteiger partial charge in [0.05, 0.1) is 23.8 Å². The summed E-state index contributed by atoms with van der Waals surface area (Å²) in [5.74, 6) is 0. The molecule has 3 aromatic carbocycles. The Hall–Kier alpha value is -3.50. The van der Waals surface area contributed by atoms with Gasteiger partial charge in [-0.25, -0.2) is 9.97 Å². The van der Waals surface area contributed by atoms with Crippen LogP contribution in [0.2, 0.25) is 0 Å². The third-order valence-electron chi connectivity index (χ3n) is 6.13. The lowest BCUT2D eigenvalue weighted by Crippen LogP contribution is -1.98. The average Bonchev–Trinajstić information content (AvgIpc) is 3.63. The summed E-state index contributed by atoms with van der Waals surface area (Å²) in [6.45, 7) is 2.10. The molecule has 6 rings (SSSR count). The van der Waals surface area contributed by atoms with E-state index in [1.165, 1.54) is 25.9 Å². The van der Waals surface area contributed by atoms with Crippen LogP contribution in [0.1, 0.15) is 5.56 Å². The van der Waals surface area contributed by atoms with E-state index in [-0.39, 0.29) is 17.2 Å². The lowest BCUT2D eigenvalue weighted by Gasteiger charge is -2.08. The van der Waals surface area contributed by atoms with Crippen molar-refractivity contribution in [3.8, 4) is 33.0 Å². The first-order chi connectivity index (χ1) is 17.6. The molecule has 3 aromatic heterocycles. The Morgan fingerprint density at radius 1 is 0.750 bits per heavy atom. The number of benzene rings is 3. The molecule has 0 spiro atoms. The number of imidazole rings is 2. The molecule has 176 valence electrons. The van der Waals surface area contributed by atoms with Crippen LogP contribution < -0.4 is 11.1 Å². The molecule has 0 aliphatic heterocycles. The molecule has 6 nitrogen and oxygen atoms in total. The van der Waals surface area contributed by atoms with E-state index in [0.29, 0.717) is 11.1 Å². The molecular weight excluding hydrogens is 506 g/mol. The molecule has 2 N–H and O–H groups in total. The van der Waals surface area contributed by atoms with Gasteiger partial charge in [-0.3, -0.25) is 9.59 Å². The molecule has 0 amide bonds. The highest BCUT2D eigenvalue weighted by molar-refractivity contribution is 7.62. The zero-order chi connectivity index (χ0) is 24.6. The van der Waals surface area contributed by atoms with Gasteiger partial charge in [0.15, 0.2) is 0 Å². The molecule has 2 atom stereocenters. The number of nitrogens with one attached hydrogen (secondary N) is 2. The zero-order valence-electron chi connectivity index (χ0n) is 19.1. The van der Waals surface area contributed by atoms with E-state index < -0.39 is 0 Å². The number of thiophene rings is 1. The average molecular weight is 526 g/mol. The van der Waals surface area contributed by atoms with Crippen LogP contribution in [0, 0.1) is 6.92 Å². The Balaban J connectivity index is 1.34. The number of carbonyl (C=O) groups excluding carboxylic acids is 2. The van der Waals surface area contributed by atoms with E-state index in [1.54, 1.807) is 23.7 Å². The van der Waals surface area contributed by atoms with Crippen LogP contribution in [0.5, 0.6) is 0 Å². The van der Waals surface area contributed by atoms with Crippen LogP contribution in [0.15, 0.2) is 67.0 Å². The van der Waals surface area contributed by atoms with E-state index in [1.807, 2.05) is 0 Å². The number of aryl methyl sites for hydroxylation is 1. The van der Waals surface area contributed by atoms with E-state index in [9.17, 15) is 9.59 Å². The fourth-order valence-electron chi connectivity index (χ4n) is 4.38. The SMILES string of the molecule is Cc1cc2cc(-c3cc4ccc(-c5cnc(PC=O)[nH]5)cc4s3)ccc2cc1-c1cnc(PC=O)[nH]1. The molecule has 0 saturated carbocycles.